The summed E-state index contributed by atoms with van der Waals surface area (Å²) in [5.41, 5.74) is 9.53. The highest BCUT2D eigenvalue weighted by atomic mass is 16.5. The van der Waals surface area contributed by atoms with Crippen molar-refractivity contribution in [1.29, 1.82) is 0 Å². The lowest BCUT2D eigenvalue weighted by atomic mass is 10.1. The monoisotopic (exact) mass is 234 g/mol. The van der Waals surface area contributed by atoms with Gasteiger partial charge in [-0.3, -0.25) is 0 Å². The SMILES string of the molecule is COCC1CCN(c2ccc(CN)c(C)c2)C1. The number of nitrogens with two attached hydrogens (primary N) is 1. The van der Waals surface area contributed by atoms with Gasteiger partial charge >= 0.3 is 0 Å². The average molecular weight is 234 g/mol. The Hall–Kier alpha value is -1.06. The highest BCUT2D eigenvalue weighted by Gasteiger charge is 2.22. The first-order valence-electron chi connectivity index (χ1n) is 6.28. The maximum absolute atomic E-state index is 5.69. The van der Waals surface area contributed by atoms with Gasteiger partial charge in [0.1, 0.15) is 0 Å². The molecule has 1 atom stereocenters. The minimum Gasteiger partial charge on any atom is -0.384 e. The van der Waals surface area contributed by atoms with Gasteiger partial charge in [-0.15, -0.1) is 0 Å². The third kappa shape index (κ3) is 2.79. The van der Waals surface area contributed by atoms with Gasteiger partial charge < -0.3 is 15.4 Å². The number of rotatable bonds is 4. The molecule has 0 amide bonds. The molecule has 1 aromatic rings. The van der Waals surface area contributed by atoms with Crippen LogP contribution in [-0.4, -0.2) is 26.8 Å². The zero-order valence-corrected chi connectivity index (χ0v) is 10.8. The lowest BCUT2D eigenvalue weighted by molar-refractivity contribution is 0.161. The van der Waals surface area contributed by atoms with E-state index in [9.17, 15) is 0 Å². The van der Waals surface area contributed by atoms with Crippen molar-refractivity contribution in [3.05, 3.63) is 29.3 Å². The molecule has 1 saturated heterocycles. The van der Waals surface area contributed by atoms with Crippen LogP contribution in [0.1, 0.15) is 17.5 Å². The third-order valence-corrected chi connectivity index (χ3v) is 3.60. The van der Waals surface area contributed by atoms with Crippen LogP contribution in [0.15, 0.2) is 18.2 Å². The summed E-state index contributed by atoms with van der Waals surface area (Å²) in [5, 5.41) is 0. The smallest absolute Gasteiger partial charge is 0.0508 e. The van der Waals surface area contributed by atoms with Crippen LogP contribution in [0, 0.1) is 12.8 Å². The number of methoxy groups -OCH3 is 1. The Morgan fingerprint density at radius 3 is 2.94 bits per heavy atom. The predicted octanol–water partition coefficient (Wildman–Crippen LogP) is 1.93. The number of anilines is 1. The molecule has 1 aromatic carbocycles. The number of aryl methyl sites for hydroxylation is 1. The van der Waals surface area contributed by atoms with Crippen molar-refractivity contribution in [3.63, 3.8) is 0 Å². The molecule has 0 bridgehead atoms. The van der Waals surface area contributed by atoms with Gasteiger partial charge in [0, 0.05) is 38.3 Å². The highest BCUT2D eigenvalue weighted by molar-refractivity contribution is 5.51. The Bertz CT molecular complexity index is 378. The van der Waals surface area contributed by atoms with Gasteiger partial charge in [0.2, 0.25) is 0 Å². The summed E-state index contributed by atoms with van der Waals surface area (Å²) in [6, 6.07) is 6.58. The fourth-order valence-corrected chi connectivity index (χ4v) is 2.54. The van der Waals surface area contributed by atoms with Crippen molar-refractivity contribution in [2.24, 2.45) is 11.7 Å². The highest BCUT2D eigenvalue weighted by Crippen LogP contribution is 2.25. The molecule has 0 aromatic heterocycles. The van der Waals surface area contributed by atoms with Crippen LogP contribution in [0.4, 0.5) is 5.69 Å². The lowest BCUT2D eigenvalue weighted by Gasteiger charge is -2.20. The zero-order chi connectivity index (χ0) is 12.3. The summed E-state index contributed by atoms with van der Waals surface area (Å²) in [5.74, 6) is 0.675. The van der Waals surface area contributed by atoms with Crippen LogP contribution in [0.5, 0.6) is 0 Å². The maximum atomic E-state index is 5.69. The second kappa shape index (κ2) is 5.52. The van der Waals surface area contributed by atoms with Gasteiger partial charge in [-0.25, -0.2) is 0 Å². The molecule has 1 fully saturated rings. The van der Waals surface area contributed by atoms with E-state index in [2.05, 4.69) is 30.0 Å². The number of hydrogen-bond acceptors (Lipinski definition) is 3. The van der Waals surface area contributed by atoms with Gasteiger partial charge in [-0.1, -0.05) is 6.07 Å². The quantitative estimate of drug-likeness (QED) is 0.865. The zero-order valence-electron chi connectivity index (χ0n) is 10.8. The molecular formula is C14H22N2O. The van der Waals surface area contributed by atoms with E-state index < -0.39 is 0 Å². The largest absolute Gasteiger partial charge is 0.384 e. The van der Waals surface area contributed by atoms with Crippen LogP contribution in [0.25, 0.3) is 0 Å². The van der Waals surface area contributed by atoms with E-state index in [1.807, 2.05) is 0 Å². The van der Waals surface area contributed by atoms with Gasteiger partial charge in [0.05, 0.1) is 6.61 Å². The maximum Gasteiger partial charge on any atom is 0.0508 e. The van der Waals surface area contributed by atoms with Crippen molar-refractivity contribution < 1.29 is 4.74 Å². The second-order valence-corrected chi connectivity index (χ2v) is 4.87. The Labute approximate surface area is 104 Å². The van der Waals surface area contributed by atoms with Gasteiger partial charge in [-0.2, -0.15) is 0 Å². The molecule has 1 aliphatic heterocycles. The minimum atomic E-state index is 0.623. The van der Waals surface area contributed by atoms with Crippen LogP contribution in [0.3, 0.4) is 0 Å². The van der Waals surface area contributed by atoms with Gasteiger partial charge in [0.25, 0.3) is 0 Å². The Balaban J connectivity index is 2.06. The fraction of sp³-hybridized carbons (Fsp3) is 0.571. The second-order valence-electron chi connectivity index (χ2n) is 4.87. The molecule has 3 heteroatoms. The normalized spacial score (nSPS) is 19.9. The molecule has 17 heavy (non-hydrogen) atoms. The minimum absolute atomic E-state index is 0.623. The molecule has 3 nitrogen and oxygen atoms in total. The van der Waals surface area contributed by atoms with Crippen molar-refractivity contribution in [3.8, 4) is 0 Å². The molecule has 0 aliphatic carbocycles. The molecule has 0 saturated carbocycles. The molecule has 1 aliphatic rings. The molecular weight excluding hydrogens is 212 g/mol. The van der Waals surface area contributed by atoms with E-state index in [0.29, 0.717) is 12.5 Å². The first kappa shape index (κ1) is 12.4. The third-order valence-electron chi connectivity index (χ3n) is 3.60. The van der Waals surface area contributed by atoms with Crippen LogP contribution in [0.2, 0.25) is 0 Å². The van der Waals surface area contributed by atoms with Crippen LogP contribution in [-0.2, 0) is 11.3 Å². The Morgan fingerprint density at radius 2 is 2.29 bits per heavy atom. The van der Waals surface area contributed by atoms with Crippen molar-refractivity contribution in [2.45, 2.75) is 19.9 Å². The van der Waals surface area contributed by atoms with Gasteiger partial charge in [0.15, 0.2) is 0 Å². The fourth-order valence-electron chi connectivity index (χ4n) is 2.54. The molecule has 1 unspecified atom stereocenters. The Morgan fingerprint density at radius 1 is 1.47 bits per heavy atom. The number of benzene rings is 1. The topological polar surface area (TPSA) is 38.5 Å². The van der Waals surface area contributed by atoms with Crippen molar-refractivity contribution in [1.82, 2.24) is 0 Å². The average Bonchev–Trinajstić information content (AvgIpc) is 2.78. The summed E-state index contributed by atoms with van der Waals surface area (Å²) in [6.45, 7) is 5.87. The van der Waals surface area contributed by atoms with Crippen molar-refractivity contribution in [2.75, 3.05) is 31.7 Å². The summed E-state index contributed by atoms with van der Waals surface area (Å²) in [7, 11) is 1.78. The van der Waals surface area contributed by atoms with Crippen molar-refractivity contribution >= 4 is 5.69 Å². The van der Waals surface area contributed by atoms with Crippen LogP contribution < -0.4 is 10.6 Å². The van der Waals surface area contributed by atoms with E-state index in [-0.39, 0.29) is 0 Å². The summed E-state index contributed by atoms with van der Waals surface area (Å²) < 4.78 is 5.23. The number of nitrogens with zero attached hydrogens (tertiary/aromatic N) is 1. The molecule has 0 spiro atoms. The van der Waals surface area contributed by atoms with Crippen LogP contribution >= 0.6 is 0 Å². The molecule has 0 radical (unpaired) electrons. The van der Waals surface area contributed by atoms with E-state index in [0.717, 1.165) is 19.7 Å². The van der Waals surface area contributed by atoms with E-state index in [4.69, 9.17) is 10.5 Å². The summed E-state index contributed by atoms with van der Waals surface area (Å²) >= 11 is 0. The Kier molecular flexibility index (Phi) is 4.02. The summed E-state index contributed by atoms with van der Waals surface area (Å²) in [4.78, 5) is 2.44. The molecule has 94 valence electrons. The van der Waals surface area contributed by atoms with E-state index in [1.54, 1.807) is 7.11 Å². The van der Waals surface area contributed by atoms with E-state index >= 15 is 0 Å². The first-order chi connectivity index (χ1) is 8.24. The van der Waals surface area contributed by atoms with Gasteiger partial charge in [-0.05, 0) is 36.6 Å². The first-order valence-corrected chi connectivity index (χ1v) is 6.28. The molecule has 2 rings (SSSR count). The lowest BCUT2D eigenvalue weighted by Crippen LogP contribution is -2.21. The molecule has 1 heterocycles. The summed E-state index contributed by atoms with van der Waals surface area (Å²) in [6.07, 6.45) is 1.23. The molecule has 2 N–H and O–H groups in total. The standard InChI is InChI=1S/C14H22N2O/c1-11-7-14(4-3-13(11)8-15)16-6-5-12(9-16)10-17-2/h3-4,7,12H,5-6,8-10,15H2,1-2H3. The van der Waals surface area contributed by atoms with E-state index in [1.165, 1.54) is 23.2 Å². The number of hydrogen-bond donors (Lipinski definition) is 1. The number of ether oxygens (including phenoxy) is 1. The predicted molar refractivity (Wildman–Crippen MR) is 71.3 cm³/mol.